The molecule has 4 rings (SSSR count). The maximum Gasteiger partial charge on any atom is 0.311 e. The molecule has 2 aromatic carbocycles. The molecule has 1 fully saturated rings. The predicted molar refractivity (Wildman–Crippen MR) is 124 cm³/mol. The van der Waals surface area contributed by atoms with Crippen molar-refractivity contribution in [3.05, 3.63) is 74.3 Å². The van der Waals surface area contributed by atoms with E-state index >= 15 is 0 Å². The molecule has 0 aliphatic heterocycles. The minimum atomic E-state index is -0.480. The van der Waals surface area contributed by atoms with E-state index in [1.165, 1.54) is 23.4 Å². The highest BCUT2D eigenvalue weighted by atomic mass is 16.6. The van der Waals surface area contributed by atoms with Crippen LogP contribution in [0.2, 0.25) is 0 Å². The fourth-order valence-electron chi connectivity index (χ4n) is 4.11. The highest BCUT2D eigenvalue weighted by Crippen LogP contribution is 2.32. The molecule has 0 bridgehead atoms. The van der Waals surface area contributed by atoms with Gasteiger partial charge in [0.25, 0.3) is 5.56 Å². The number of nitro benzene ring substituents is 1. The Morgan fingerprint density at radius 3 is 2.66 bits per heavy atom. The lowest BCUT2D eigenvalue weighted by Gasteiger charge is -2.22. The van der Waals surface area contributed by atoms with Gasteiger partial charge in [0.1, 0.15) is 5.82 Å². The molecule has 1 heterocycles. The first-order valence-corrected chi connectivity index (χ1v) is 10.9. The molecule has 8 nitrogen and oxygen atoms in total. The van der Waals surface area contributed by atoms with Crippen LogP contribution in [0.1, 0.15) is 63.3 Å². The molecule has 0 amide bonds. The van der Waals surface area contributed by atoms with Crippen molar-refractivity contribution >= 4 is 22.8 Å². The van der Waals surface area contributed by atoms with Crippen LogP contribution in [-0.4, -0.2) is 26.9 Å². The summed E-state index contributed by atoms with van der Waals surface area (Å²) in [6.45, 7) is 3.62. The second-order valence-electron chi connectivity index (χ2n) is 8.33. The van der Waals surface area contributed by atoms with E-state index in [4.69, 9.17) is 9.72 Å². The van der Waals surface area contributed by atoms with Gasteiger partial charge >= 0.3 is 5.69 Å². The number of aromatic nitrogens is 2. The van der Waals surface area contributed by atoms with Crippen molar-refractivity contribution in [1.82, 2.24) is 9.66 Å². The Bertz CT molecular complexity index is 1230. The lowest BCUT2D eigenvalue weighted by Crippen LogP contribution is -2.25. The number of nitrogens with zero attached hydrogens (tertiary/aromatic N) is 4. The smallest absolute Gasteiger partial charge is 0.311 e. The van der Waals surface area contributed by atoms with Crippen LogP contribution in [0.4, 0.5) is 5.69 Å². The van der Waals surface area contributed by atoms with Gasteiger partial charge in [-0.2, -0.15) is 9.78 Å². The average molecular weight is 434 g/mol. The van der Waals surface area contributed by atoms with Gasteiger partial charge in [0.05, 0.1) is 28.1 Å². The summed E-state index contributed by atoms with van der Waals surface area (Å²) in [6.07, 6.45) is 6.59. The first-order valence-electron chi connectivity index (χ1n) is 10.9. The molecule has 0 radical (unpaired) electrons. The van der Waals surface area contributed by atoms with E-state index in [0.717, 1.165) is 25.7 Å². The molecule has 0 atom stereocenters. The first kappa shape index (κ1) is 21.7. The zero-order valence-corrected chi connectivity index (χ0v) is 18.2. The molecule has 0 saturated heterocycles. The fraction of sp³-hybridized carbons (Fsp3) is 0.375. The monoisotopic (exact) mass is 434 g/mol. The van der Waals surface area contributed by atoms with Gasteiger partial charge in [-0.3, -0.25) is 14.9 Å². The van der Waals surface area contributed by atoms with Gasteiger partial charge in [-0.1, -0.05) is 31.4 Å². The summed E-state index contributed by atoms with van der Waals surface area (Å²) in [5.74, 6) is 1.02. The topological polar surface area (TPSA) is 99.6 Å². The maximum atomic E-state index is 13.2. The van der Waals surface area contributed by atoms with E-state index in [0.29, 0.717) is 22.3 Å². The zero-order chi connectivity index (χ0) is 22.7. The minimum Gasteiger partial charge on any atom is -0.484 e. The molecule has 32 heavy (non-hydrogen) atoms. The SMILES string of the molecule is CC(C)Oc1ccc(C=Nn2c(C3CCCCC3)nc3ccccc3c2=O)cc1[N+](=O)[O-]. The quantitative estimate of drug-likeness (QED) is 0.308. The fourth-order valence-corrected chi connectivity index (χ4v) is 4.11. The Kier molecular flexibility index (Phi) is 6.30. The van der Waals surface area contributed by atoms with Gasteiger partial charge in [-0.05, 0) is 51.0 Å². The van der Waals surface area contributed by atoms with Crippen molar-refractivity contribution in [3.8, 4) is 5.75 Å². The molecule has 0 spiro atoms. The normalized spacial score (nSPS) is 15.0. The van der Waals surface area contributed by atoms with Crippen molar-refractivity contribution in [2.45, 2.75) is 58.0 Å². The molecule has 1 aliphatic carbocycles. The molecule has 0 N–H and O–H groups in total. The number of fused-ring (bicyclic) bond motifs is 1. The Hall–Kier alpha value is -3.55. The van der Waals surface area contributed by atoms with Gasteiger partial charge in [-0.25, -0.2) is 4.98 Å². The summed E-state index contributed by atoms with van der Waals surface area (Å²) in [4.78, 5) is 29.1. The van der Waals surface area contributed by atoms with Crippen molar-refractivity contribution in [2.24, 2.45) is 5.10 Å². The number of hydrogen-bond donors (Lipinski definition) is 0. The number of ether oxygens (including phenoxy) is 1. The summed E-state index contributed by atoms with van der Waals surface area (Å²) in [5, 5.41) is 16.4. The lowest BCUT2D eigenvalue weighted by molar-refractivity contribution is -0.386. The lowest BCUT2D eigenvalue weighted by atomic mass is 9.88. The third-order valence-electron chi connectivity index (χ3n) is 5.61. The summed E-state index contributed by atoms with van der Waals surface area (Å²) >= 11 is 0. The van der Waals surface area contributed by atoms with Crippen LogP contribution in [0.5, 0.6) is 5.75 Å². The molecule has 0 unspecified atom stereocenters. The van der Waals surface area contributed by atoms with Crippen molar-refractivity contribution < 1.29 is 9.66 Å². The minimum absolute atomic E-state index is 0.140. The van der Waals surface area contributed by atoms with Crippen LogP contribution in [0.15, 0.2) is 52.4 Å². The standard InChI is InChI=1S/C24H26N4O4/c1-16(2)32-22-13-12-17(14-21(22)28(30)31)15-25-27-23(18-8-4-3-5-9-18)26-20-11-7-6-10-19(20)24(27)29/h6-7,10-16,18H,3-5,8-9H2,1-2H3. The summed E-state index contributed by atoms with van der Waals surface area (Å²) in [6, 6.07) is 11.9. The van der Waals surface area contributed by atoms with Crippen molar-refractivity contribution in [1.29, 1.82) is 0 Å². The van der Waals surface area contributed by atoms with Gasteiger partial charge in [0.2, 0.25) is 0 Å². The molecular formula is C24H26N4O4. The van der Waals surface area contributed by atoms with Gasteiger partial charge in [-0.15, -0.1) is 0 Å². The molecule has 8 heteroatoms. The largest absolute Gasteiger partial charge is 0.484 e. The van der Waals surface area contributed by atoms with E-state index in [1.807, 2.05) is 26.0 Å². The van der Waals surface area contributed by atoms with E-state index in [2.05, 4.69) is 5.10 Å². The van der Waals surface area contributed by atoms with Crippen LogP contribution in [-0.2, 0) is 0 Å². The van der Waals surface area contributed by atoms with Gasteiger partial charge in [0, 0.05) is 17.5 Å². The highest BCUT2D eigenvalue weighted by Gasteiger charge is 2.22. The second-order valence-corrected chi connectivity index (χ2v) is 8.33. The van der Waals surface area contributed by atoms with E-state index < -0.39 is 4.92 Å². The average Bonchev–Trinajstić information content (AvgIpc) is 2.79. The number of hydrogen-bond acceptors (Lipinski definition) is 6. The summed E-state index contributed by atoms with van der Waals surface area (Å²) < 4.78 is 6.90. The van der Waals surface area contributed by atoms with Crippen LogP contribution >= 0.6 is 0 Å². The van der Waals surface area contributed by atoms with E-state index in [-0.39, 0.29) is 29.0 Å². The third kappa shape index (κ3) is 4.54. The number of para-hydroxylation sites is 1. The van der Waals surface area contributed by atoms with E-state index in [1.54, 1.807) is 24.3 Å². The highest BCUT2D eigenvalue weighted by molar-refractivity contribution is 5.82. The molecular weight excluding hydrogens is 408 g/mol. The van der Waals surface area contributed by atoms with Crippen molar-refractivity contribution in [2.75, 3.05) is 0 Å². The molecule has 1 aliphatic rings. The molecule has 166 valence electrons. The van der Waals surface area contributed by atoms with Crippen LogP contribution in [0.25, 0.3) is 10.9 Å². The Balaban J connectivity index is 1.78. The van der Waals surface area contributed by atoms with Crippen LogP contribution < -0.4 is 10.3 Å². The number of nitro groups is 1. The zero-order valence-electron chi connectivity index (χ0n) is 18.2. The Morgan fingerprint density at radius 2 is 1.94 bits per heavy atom. The van der Waals surface area contributed by atoms with E-state index in [9.17, 15) is 14.9 Å². The molecule has 3 aromatic rings. The summed E-state index contributed by atoms with van der Waals surface area (Å²) in [7, 11) is 0. The number of benzene rings is 2. The van der Waals surface area contributed by atoms with Crippen LogP contribution in [0, 0.1) is 10.1 Å². The Morgan fingerprint density at radius 1 is 1.19 bits per heavy atom. The predicted octanol–water partition coefficient (Wildman–Crippen LogP) is 5.02. The first-order chi connectivity index (χ1) is 15.4. The summed E-state index contributed by atoms with van der Waals surface area (Å²) in [5.41, 5.74) is 0.790. The van der Waals surface area contributed by atoms with Gasteiger partial charge < -0.3 is 4.74 Å². The number of rotatable bonds is 6. The third-order valence-corrected chi connectivity index (χ3v) is 5.61. The molecule has 1 aromatic heterocycles. The Labute approximate surface area is 185 Å². The van der Waals surface area contributed by atoms with Gasteiger partial charge in [0.15, 0.2) is 5.75 Å². The second kappa shape index (κ2) is 9.30. The van der Waals surface area contributed by atoms with Crippen LogP contribution in [0.3, 0.4) is 0 Å². The van der Waals surface area contributed by atoms with Crippen molar-refractivity contribution in [3.63, 3.8) is 0 Å². The molecule has 1 saturated carbocycles. The maximum absolute atomic E-state index is 13.2.